The number of rotatable bonds is 5. The fraction of sp³-hybridized carbons (Fsp3) is 0.727. The molecule has 92 valence electrons. The Kier molecular flexibility index (Phi) is 5.14. The molecule has 1 amide bonds. The van der Waals surface area contributed by atoms with Gasteiger partial charge >= 0.3 is 5.97 Å². The summed E-state index contributed by atoms with van der Waals surface area (Å²) in [6.45, 7) is 6.66. The molecule has 16 heavy (non-hydrogen) atoms. The number of carbonyl (C=O) groups is 3. The molecular formula is C11H19NO4. The molecule has 0 aromatic carbocycles. The van der Waals surface area contributed by atoms with Crippen molar-refractivity contribution in [3.63, 3.8) is 0 Å². The number of amides is 1. The molecule has 0 aromatic rings. The number of aliphatic carboxylic acids is 1. The lowest BCUT2D eigenvalue weighted by Crippen LogP contribution is -2.46. The molecule has 2 N–H and O–H groups in total. The molecule has 5 heteroatoms. The SMILES string of the molecule is CCCC(NC(=O)C(=O)C(C)(C)C)C(=O)O. The molecular weight excluding hydrogens is 210 g/mol. The van der Waals surface area contributed by atoms with Crippen LogP contribution in [-0.4, -0.2) is 28.8 Å². The van der Waals surface area contributed by atoms with Gasteiger partial charge in [-0.15, -0.1) is 0 Å². The van der Waals surface area contributed by atoms with Crippen LogP contribution in [0.5, 0.6) is 0 Å². The molecule has 0 saturated carbocycles. The molecule has 0 fully saturated rings. The highest BCUT2D eigenvalue weighted by Gasteiger charge is 2.30. The van der Waals surface area contributed by atoms with Crippen LogP contribution in [0.15, 0.2) is 0 Å². The Labute approximate surface area is 95.2 Å². The minimum atomic E-state index is -1.11. The Hall–Kier alpha value is -1.39. The second-order valence-electron chi connectivity index (χ2n) is 4.73. The second kappa shape index (κ2) is 5.63. The largest absolute Gasteiger partial charge is 0.480 e. The summed E-state index contributed by atoms with van der Waals surface area (Å²) in [5, 5.41) is 11.0. The number of carbonyl (C=O) groups excluding carboxylic acids is 2. The third kappa shape index (κ3) is 4.42. The van der Waals surface area contributed by atoms with Crippen LogP contribution in [0.2, 0.25) is 0 Å². The molecule has 0 rings (SSSR count). The van der Waals surface area contributed by atoms with Crippen molar-refractivity contribution in [2.24, 2.45) is 5.41 Å². The van der Waals surface area contributed by atoms with Gasteiger partial charge in [-0.25, -0.2) is 4.79 Å². The van der Waals surface area contributed by atoms with Gasteiger partial charge < -0.3 is 10.4 Å². The van der Waals surface area contributed by atoms with E-state index in [1.165, 1.54) is 0 Å². The fourth-order valence-electron chi connectivity index (χ4n) is 1.11. The van der Waals surface area contributed by atoms with E-state index in [-0.39, 0.29) is 0 Å². The molecule has 1 unspecified atom stereocenters. The summed E-state index contributed by atoms with van der Waals surface area (Å²) in [4.78, 5) is 33.7. The molecule has 0 aliphatic rings. The van der Waals surface area contributed by atoms with Gasteiger partial charge in [0, 0.05) is 5.41 Å². The van der Waals surface area contributed by atoms with Crippen LogP contribution in [0.4, 0.5) is 0 Å². The first-order valence-corrected chi connectivity index (χ1v) is 5.28. The van der Waals surface area contributed by atoms with Gasteiger partial charge in [-0.3, -0.25) is 9.59 Å². The highest BCUT2D eigenvalue weighted by Crippen LogP contribution is 2.14. The molecule has 0 aromatic heterocycles. The van der Waals surface area contributed by atoms with Gasteiger partial charge in [0.1, 0.15) is 6.04 Å². The van der Waals surface area contributed by atoms with Gasteiger partial charge in [-0.05, 0) is 6.42 Å². The number of carboxylic acid groups (broad SMARTS) is 1. The maximum absolute atomic E-state index is 11.5. The van der Waals surface area contributed by atoms with Crippen LogP contribution in [0.1, 0.15) is 40.5 Å². The fourth-order valence-corrected chi connectivity index (χ4v) is 1.11. The zero-order chi connectivity index (χ0) is 12.9. The van der Waals surface area contributed by atoms with E-state index in [4.69, 9.17) is 5.11 Å². The number of carboxylic acids is 1. The van der Waals surface area contributed by atoms with Crippen molar-refractivity contribution in [3.05, 3.63) is 0 Å². The summed E-state index contributed by atoms with van der Waals surface area (Å²) in [6, 6.07) is -0.983. The van der Waals surface area contributed by atoms with E-state index in [0.717, 1.165) is 0 Å². The first-order valence-electron chi connectivity index (χ1n) is 5.28. The van der Waals surface area contributed by atoms with Crippen LogP contribution in [0.25, 0.3) is 0 Å². The lowest BCUT2D eigenvalue weighted by atomic mass is 9.90. The number of ketones is 1. The minimum Gasteiger partial charge on any atom is -0.480 e. The van der Waals surface area contributed by atoms with Gasteiger partial charge in [0.25, 0.3) is 5.91 Å². The van der Waals surface area contributed by atoms with Crippen molar-refractivity contribution >= 4 is 17.7 Å². The lowest BCUT2D eigenvalue weighted by molar-refractivity contribution is -0.146. The van der Waals surface area contributed by atoms with Crippen LogP contribution >= 0.6 is 0 Å². The van der Waals surface area contributed by atoms with Crippen molar-refractivity contribution in [1.29, 1.82) is 0 Å². The quantitative estimate of drug-likeness (QED) is 0.688. The lowest BCUT2D eigenvalue weighted by Gasteiger charge is -2.18. The van der Waals surface area contributed by atoms with Crippen molar-refractivity contribution in [2.45, 2.75) is 46.6 Å². The summed E-state index contributed by atoms with van der Waals surface area (Å²) in [6.07, 6.45) is 0.944. The highest BCUT2D eigenvalue weighted by molar-refractivity contribution is 6.38. The van der Waals surface area contributed by atoms with E-state index in [9.17, 15) is 14.4 Å². The molecule has 5 nitrogen and oxygen atoms in total. The van der Waals surface area contributed by atoms with Crippen molar-refractivity contribution in [3.8, 4) is 0 Å². The molecule has 0 radical (unpaired) electrons. The number of Topliss-reactive ketones (excluding diaryl/α,β-unsaturated/α-hetero) is 1. The maximum Gasteiger partial charge on any atom is 0.326 e. The molecule has 0 aliphatic carbocycles. The third-order valence-electron chi connectivity index (χ3n) is 2.07. The van der Waals surface area contributed by atoms with Gasteiger partial charge in [0.05, 0.1) is 0 Å². The van der Waals surface area contributed by atoms with Gasteiger partial charge in [0.15, 0.2) is 0 Å². The average Bonchev–Trinajstić information content (AvgIpc) is 2.14. The molecule has 1 atom stereocenters. The van der Waals surface area contributed by atoms with E-state index in [2.05, 4.69) is 5.32 Å². The van der Waals surface area contributed by atoms with E-state index in [1.54, 1.807) is 20.8 Å². The predicted molar refractivity (Wildman–Crippen MR) is 58.9 cm³/mol. The van der Waals surface area contributed by atoms with Crippen LogP contribution in [-0.2, 0) is 14.4 Å². The topological polar surface area (TPSA) is 83.5 Å². The summed E-state index contributed by atoms with van der Waals surface area (Å²) >= 11 is 0. The van der Waals surface area contributed by atoms with Crippen LogP contribution in [0, 0.1) is 5.41 Å². The van der Waals surface area contributed by atoms with Crippen molar-refractivity contribution in [2.75, 3.05) is 0 Å². The smallest absolute Gasteiger partial charge is 0.326 e. The van der Waals surface area contributed by atoms with Gasteiger partial charge in [-0.1, -0.05) is 34.1 Å². The van der Waals surface area contributed by atoms with Crippen LogP contribution in [0.3, 0.4) is 0 Å². The Bertz CT molecular complexity index is 291. The average molecular weight is 229 g/mol. The summed E-state index contributed by atoms with van der Waals surface area (Å²) in [7, 11) is 0. The molecule has 0 spiro atoms. The van der Waals surface area contributed by atoms with Crippen LogP contribution < -0.4 is 5.32 Å². The van der Waals surface area contributed by atoms with Crippen molar-refractivity contribution in [1.82, 2.24) is 5.32 Å². The number of hydrogen-bond donors (Lipinski definition) is 2. The second-order valence-corrected chi connectivity index (χ2v) is 4.73. The Morgan fingerprint density at radius 3 is 2.06 bits per heavy atom. The predicted octanol–water partition coefficient (Wildman–Crippen LogP) is 0.971. The van der Waals surface area contributed by atoms with E-state index >= 15 is 0 Å². The third-order valence-corrected chi connectivity index (χ3v) is 2.07. The molecule has 0 aliphatic heterocycles. The van der Waals surface area contributed by atoms with Gasteiger partial charge in [0.2, 0.25) is 5.78 Å². The summed E-state index contributed by atoms with van der Waals surface area (Å²) in [5.41, 5.74) is -0.792. The first kappa shape index (κ1) is 14.6. The normalized spacial score (nSPS) is 13.0. The summed E-state index contributed by atoms with van der Waals surface area (Å²) < 4.78 is 0. The molecule has 0 heterocycles. The summed E-state index contributed by atoms with van der Waals surface area (Å²) in [5.74, 6) is -2.54. The minimum absolute atomic E-state index is 0.318. The van der Waals surface area contributed by atoms with Gasteiger partial charge in [-0.2, -0.15) is 0 Å². The monoisotopic (exact) mass is 229 g/mol. The number of nitrogens with one attached hydrogen (secondary N) is 1. The Morgan fingerprint density at radius 2 is 1.75 bits per heavy atom. The number of hydrogen-bond acceptors (Lipinski definition) is 3. The van der Waals surface area contributed by atoms with Crippen molar-refractivity contribution < 1.29 is 19.5 Å². The highest BCUT2D eigenvalue weighted by atomic mass is 16.4. The zero-order valence-corrected chi connectivity index (χ0v) is 10.2. The Morgan fingerprint density at radius 1 is 1.25 bits per heavy atom. The zero-order valence-electron chi connectivity index (χ0n) is 10.2. The first-order chi connectivity index (χ1) is 7.20. The maximum atomic E-state index is 11.5. The van der Waals surface area contributed by atoms with E-state index in [1.807, 2.05) is 6.92 Å². The Balaban J connectivity index is 4.53. The molecule has 0 saturated heterocycles. The van der Waals surface area contributed by atoms with E-state index < -0.39 is 29.1 Å². The van der Waals surface area contributed by atoms with E-state index in [0.29, 0.717) is 12.8 Å². The molecule has 0 bridgehead atoms. The standard InChI is InChI=1S/C11H19NO4/c1-5-6-7(10(15)16)12-9(14)8(13)11(2,3)4/h7H,5-6H2,1-4H3,(H,12,14)(H,15,16).